The van der Waals surface area contributed by atoms with E-state index in [0.717, 1.165) is 0 Å². The molecule has 0 aliphatic heterocycles. The number of hydrogen-bond donors (Lipinski definition) is 2. The minimum Gasteiger partial charge on any atom is -0.473 e. The summed E-state index contributed by atoms with van der Waals surface area (Å²) < 4.78 is 0. The van der Waals surface area contributed by atoms with Crippen molar-refractivity contribution in [1.29, 1.82) is 0 Å². The molecule has 0 saturated heterocycles. The smallest absolute Gasteiger partial charge is 0.361 e. The van der Waals surface area contributed by atoms with Gasteiger partial charge in [-0.3, -0.25) is 0 Å². The van der Waals surface area contributed by atoms with Crippen LogP contribution in [0.1, 0.15) is 0 Å². The third kappa shape index (κ3) is 220. The Bertz CT molecular complexity index is 32.6. The Balaban J connectivity index is 0. The van der Waals surface area contributed by atoms with E-state index >= 15 is 0 Å². The second-order valence-electron chi connectivity index (χ2n) is 0.283. The summed E-state index contributed by atoms with van der Waals surface area (Å²) in [6.07, 6.45) is 0. The van der Waals surface area contributed by atoms with Gasteiger partial charge >= 0.3 is 5.30 Å². The first-order chi connectivity index (χ1) is 1.73. The standard InChI is InChI=1S/CH2O2S.Co/c2-1(3)4;/h4H,(H,2,3);. The Hall–Kier alpha value is 0.326. The van der Waals surface area contributed by atoms with E-state index in [1.165, 1.54) is 0 Å². The minimum atomic E-state index is -1.14. The molecule has 33 valence electrons. The van der Waals surface area contributed by atoms with Gasteiger partial charge in [0.15, 0.2) is 0 Å². The van der Waals surface area contributed by atoms with Crippen LogP contribution < -0.4 is 0 Å². The molecule has 0 bridgehead atoms. The molecule has 0 amide bonds. The number of carbonyl (C=O) groups is 1. The van der Waals surface area contributed by atoms with E-state index in [9.17, 15) is 0 Å². The molecule has 1 N–H and O–H groups in total. The number of carboxylic acid groups (broad SMARTS) is 1. The van der Waals surface area contributed by atoms with E-state index in [1.54, 1.807) is 0 Å². The fourth-order valence-electron chi connectivity index (χ4n) is 0. The van der Waals surface area contributed by atoms with Crippen LogP contribution in [-0.4, -0.2) is 10.4 Å². The fourth-order valence-corrected chi connectivity index (χ4v) is 0. The quantitative estimate of drug-likeness (QED) is 0.479. The van der Waals surface area contributed by atoms with E-state index in [1.807, 2.05) is 0 Å². The molecule has 4 heteroatoms. The van der Waals surface area contributed by atoms with E-state index in [0.29, 0.717) is 0 Å². The molecule has 0 rings (SSSR count). The van der Waals surface area contributed by atoms with Crippen molar-refractivity contribution in [1.82, 2.24) is 0 Å². The van der Waals surface area contributed by atoms with Crippen LogP contribution in [0.4, 0.5) is 4.79 Å². The maximum atomic E-state index is 8.86. The van der Waals surface area contributed by atoms with Gasteiger partial charge in [0, 0.05) is 16.8 Å². The largest absolute Gasteiger partial charge is 0.473 e. The Morgan fingerprint density at radius 2 is 1.80 bits per heavy atom. The zero-order valence-corrected chi connectivity index (χ0v) is 4.07. The van der Waals surface area contributed by atoms with Crippen LogP contribution in [0.3, 0.4) is 0 Å². The van der Waals surface area contributed by atoms with Crippen molar-refractivity contribution in [2.24, 2.45) is 0 Å². The van der Waals surface area contributed by atoms with Crippen LogP contribution in [-0.2, 0) is 16.8 Å². The Morgan fingerprint density at radius 1 is 1.80 bits per heavy atom. The van der Waals surface area contributed by atoms with E-state index in [-0.39, 0.29) is 16.8 Å². The summed E-state index contributed by atoms with van der Waals surface area (Å²) >= 11 is 2.88. The first kappa shape index (κ1) is 9.01. The molecule has 1 radical (unpaired) electrons. The average Bonchev–Trinajstić information content (AvgIpc) is 0.811. The second-order valence-corrected chi connectivity index (χ2v) is 0.665. The Kier molecular flexibility index (Phi) is 7.80. The molecule has 0 aliphatic rings. The molecule has 0 aromatic heterocycles. The van der Waals surface area contributed by atoms with Gasteiger partial charge in [-0.05, 0) is 0 Å². The molecule has 0 unspecified atom stereocenters. The summed E-state index contributed by atoms with van der Waals surface area (Å²) in [5.74, 6) is 0. The van der Waals surface area contributed by atoms with Crippen LogP contribution in [0.2, 0.25) is 0 Å². The SMILES string of the molecule is O=C(O)S.[Co]. The van der Waals surface area contributed by atoms with Crippen molar-refractivity contribution in [3.63, 3.8) is 0 Å². The molecule has 0 spiro atoms. The van der Waals surface area contributed by atoms with Crippen molar-refractivity contribution >= 4 is 17.9 Å². The summed E-state index contributed by atoms with van der Waals surface area (Å²) in [6, 6.07) is 0. The van der Waals surface area contributed by atoms with Gasteiger partial charge in [-0.25, -0.2) is 4.79 Å². The zero-order chi connectivity index (χ0) is 3.58. The molecule has 0 aromatic carbocycles. The maximum absolute atomic E-state index is 8.86. The number of hydrogen-bond acceptors (Lipinski definition) is 1. The summed E-state index contributed by atoms with van der Waals surface area (Å²) in [4.78, 5) is 8.86. The van der Waals surface area contributed by atoms with Gasteiger partial charge in [-0.2, -0.15) is 0 Å². The van der Waals surface area contributed by atoms with Crippen molar-refractivity contribution in [3.05, 3.63) is 0 Å². The van der Waals surface area contributed by atoms with E-state index in [2.05, 4.69) is 12.6 Å². The summed E-state index contributed by atoms with van der Waals surface area (Å²) in [5.41, 5.74) is 0. The molecule has 0 aromatic rings. The van der Waals surface area contributed by atoms with Crippen LogP contribution in [0, 0.1) is 0 Å². The van der Waals surface area contributed by atoms with Crippen molar-refractivity contribution in [2.75, 3.05) is 0 Å². The summed E-state index contributed by atoms with van der Waals surface area (Å²) in [7, 11) is 0. The molecule has 0 atom stereocenters. The topological polar surface area (TPSA) is 37.3 Å². The summed E-state index contributed by atoms with van der Waals surface area (Å²) in [5, 5.41) is 6.14. The molecule has 5 heavy (non-hydrogen) atoms. The number of rotatable bonds is 0. The Morgan fingerprint density at radius 3 is 1.80 bits per heavy atom. The van der Waals surface area contributed by atoms with Gasteiger partial charge in [-0.15, -0.1) is 0 Å². The first-order valence-corrected chi connectivity index (χ1v) is 1.10. The summed E-state index contributed by atoms with van der Waals surface area (Å²) in [6.45, 7) is 0. The van der Waals surface area contributed by atoms with Crippen molar-refractivity contribution < 1.29 is 26.7 Å². The van der Waals surface area contributed by atoms with Crippen molar-refractivity contribution in [3.8, 4) is 0 Å². The normalized spacial score (nSPS) is 5.00. The third-order valence-corrected chi connectivity index (χ3v) is 0. The predicted molar refractivity (Wildman–Crippen MR) is 17.0 cm³/mol. The molecule has 0 aliphatic carbocycles. The maximum Gasteiger partial charge on any atom is 0.361 e. The van der Waals surface area contributed by atoms with E-state index in [4.69, 9.17) is 9.90 Å². The molecular weight excluding hydrogens is 135 g/mol. The molecular formula is CH2CoO2S. The third-order valence-electron chi connectivity index (χ3n) is 0. The van der Waals surface area contributed by atoms with Gasteiger partial charge in [0.05, 0.1) is 0 Å². The van der Waals surface area contributed by atoms with Crippen LogP contribution in [0.15, 0.2) is 0 Å². The van der Waals surface area contributed by atoms with Gasteiger partial charge in [0.2, 0.25) is 0 Å². The van der Waals surface area contributed by atoms with Crippen molar-refractivity contribution in [2.45, 2.75) is 0 Å². The van der Waals surface area contributed by atoms with Gasteiger partial charge in [0.25, 0.3) is 0 Å². The van der Waals surface area contributed by atoms with Gasteiger partial charge in [0.1, 0.15) is 0 Å². The number of thiol groups is 1. The fraction of sp³-hybridized carbons (Fsp3) is 0. The van der Waals surface area contributed by atoms with Gasteiger partial charge in [-0.1, -0.05) is 12.6 Å². The average molecular weight is 137 g/mol. The first-order valence-electron chi connectivity index (χ1n) is 0.651. The predicted octanol–water partition coefficient (Wildman–Crippen LogP) is 0.592. The monoisotopic (exact) mass is 137 g/mol. The van der Waals surface area contributed by atoms with Crippen LogP contribution in [0.25, 0.3) is 0 Å². The molecule has 0 fully saturated rings. The van der Waals surface area contributed by atoms with Crippen LogP contribution >= 0.6 is 12.6 Å². The molecule has 2 nitrogen and oxygen atoms in total. The second kappa shape index (κ2) is 4.33. The molecule has 0 saturated carbocycles. The van der Waals surface area contributed by atoms with E-state index < -0.39 is 5.30 Å². The minimum absolute atomic E-state index is 0. The zero-order valence-electron chi connectivity index (χ0n) is 2.14. The van der Waals surface area contributed by atoms with Crippen LogP contribution in [0.5, 0.6) is 0 Å². The van der Waals surface area contributed by atoms with Gasteiger partial charge < -0.3 is 5.11 Å². The Labute approximate surface area is 45.2 Å². The molecule has 0 heterocycles.